The van der Waals surface area contributed by atoms with Gasteiger partial charge in [-0.25, -0.2) is 9.59 Å². The fourth-order valence-corrected chi connectivity index (χ4v) is 9.74. The van der Waals surface area contributed by atoms with E-state index >= 15 is 0 Å². The van der Waals surface area contributed by atoms with Gasteiger partial charge in [0.25, 0.3) is 0 Å². The van der Waals surface area contributed by atoms with Gasteiger partial charge in [0.2, 0.25) is 5.56 Å². The Kier molecular flexibility index (Phi) is 12.4. The van der Waals surface area contributed by atoms with Gasteiger partial charge < -0.3 is 52.3 Å². The number of rotatable bonds is 8. The van der Waals surface area contributed by atoms with Gasteiger partial charge in [0.15, 0.2) is 30.0 Å². The molecular weight excluding hydrogens is 836 g/mol. The summed E-state index contributed by atoms with van der Waals surface area (Å²) in [7, 11) is 1.34. The van der Waals surface area contributed by atoms with Crippen molar-refractivity contribution in [2.45, 2.75) is 115 Å². The van der Waals surface area contributed by atoms with Crippen LogP contribution in [-0.4, -0.2) is 129 Å². The molecule has 2 aliphatic heterocycles. The van der Waals surface area contributed by atoms with Crippen LogP contribution in [0, 0.1) is 17.3 Å². The highest BCUT2D eigenvalue weighted by Gasteiger charge is 2.92. The third-order valence-corrected chi connectivity index (χ3v) is 12.1. The number of aliphatic hydroxyl groups is 1. The Balaban J connectivity index is 1.79. The molecule has 1 N–H and O–H groups in total. The van der Waals surface area contributed by atoms with Crippen molar-refractivity contribution in [3.05, 3.63) is 63.8 Å². The van der Waals surface area contributed by atoms with Crippen LogP contribution in [0.3, 0.4) is 0 Å². The molecule has 4 bridgehead atoms. The van der Waals surface area contributed by atoms with Crippen LogP contribution in [0.5, 0.6) is 0 Å². The Bertz CT molecular complexity index is 2310. The Hall–Kier alpha value is -6.22. The first kappa shape index (κ1) is 46.3. The molecule has 1 saturated heterocycles. The number of aromatic nitrogens is 2. The number of ether oxygens (including phenoxy) is 9. The van der Waals surface area contributed by atoms with Crippen LogP contribution in [0.25, 0.3) is 0 Å². The summed E-state index contributed by atoms with van der Waals surface area (Å²) >= 11 is 0. The average molecular weight is 885 g/mol. The summed E-state index contributed by atoms with van der Waals surface area (Å²) in [6.45, 7) is 6.79. The highest BCUT2D eigenvalue weighted by atomic mass is 16.7. The zero-order valence-electron chi connectivity index (χ0n) is 35.9. The molecule has 2 aromatic heterocycles. The van der Waals surface area contributed by atoms with Gasteiger partial charge in [-0.15, -0.1) is 0 Å². The summed E-state index contributed by atoms with van der Waals surface area (Å²) in [6, 6.07) is 5.01. The number of nitrogens with zero attached hydrogens (tertiary/aromatic N) is 2. The Labute approximate surface area is 359 Å². The van der Waals surface area contributed by atoms with Gasteiger partial charge >= 0.3 is 47.8 Å². The summed E-state index contributed by atoms with van der Waals surface area (Å²) in [5, 5.41) is 13.6. The predicted octanol–water partition coefficient (Wildman–Crippen LogP) is 0.465. The van der Waals surface area contributed by atoms with Gasteiger partial charge in [-0.2, -0.15) is 0 Å². The lowest BCUT2D eigenvalue weighted by Crippen LogP contribution is -2.89. The standard InChI is InChI=1S/C42H48N2O19/c1-19-15-27-26(11-10-14-43-27)38(53)56-17-39(7)29-30(57-21(3)46)34(59-23(5)48)41(18-55-20(2)45)35(60-24(6)49)31(61-37(52)25-12-13-28(50)44(9)16-25)33(62-36(19)51)40(8,54)42(41,63-39)32(29)58-22(4)47/h10-14,16,19,29-35,54H,15,17-18H2,1-9H3. The van der Waals surface area contributed by atoms with Gasteiger partial charge in [-0.3, -0.25) is 38.5 Å². The maximum atomic E-state index is 14.5. The van der Waals surface area contributed by atoms with Crippen LogP contribution in [-0.2, 0) is 84.9 Å². The van der Waals surface area contributed by atoms with Crippen molar-refractivity contribution >= 4 is 47.8 Å². The summed E-state index contributed by atoms with van der Waals surface area (Å²) in [4.78, 5) is 126. The smallest absolute Gasteiger partial charge is 0.340 e. The van der Waals surface area contributed by atoms with Crippen molar-refractivity contribution < 1.29 is 86.1 Å². The lowest BCUT2D eigenvalue weighted by Gasteiger charge is -2.67. The van der Waals surface area contributed by atoms with E-state index in [9.17, 15) is 48.3 Å². The van der Waals surface area contributed by atoms with Crippen molar-refractivity contribution in [2.75, 3.05) is 13.2 Å². The Morgan fingerprint density at radius 2 is 1.43 bits per heavy atom. The molecular formula is C42H48N2O19. The molecule has 21 nitrogen and oxygen atoms in total. The van der Waals surface area contributed by atoms with Crippen LogP contribution < -0.4 is 5.56 Å². The van der Waals surface area contributed by atoms with Crippen molar-refractivity contribution in [1.82, 2.24) is 9.55 Å². The third-order valence-electron chi connectivity index (χ3n) is 12.1. The van der Waals surface area contributed by atoms with Crippen molar-refractivity contribution in [3.63, 3.8) is 0 Å². The number of cyclic esters (lactones) is 1. The molecule has 6 rings (SSSR count). The zero-order valence-corrected chi connectivity index (χ0v) is 35.9. The van der Waals surface area contributed by atoms with Crippen LogP contribution >= 0.6 is 0 Å². The fourth-order valence-electron chi connectivity index (χ4n) is 9.74. The van der Waals surface area contributed by atoms with Crippen LogP contribution in [0.1, 0.15) is 81.8 Å². The Morgan fingerprint density at radius 1 is 0.825 bits per heavy atom. The molecule has 0 amide bonds. The molecule has 21 heteroatoms. The first-order valence-corrected chi connectivity index (χ1v) is 19.9. The van der Waals surface area contributed by atoms with Gasteiger partial charge in [0.1, 0.15) is 42.0 Å². The molecule has 340 valence electrons. The number of esters is 8. The van der Waals surface area contributed by atoms with Crippen LogP contribution in [0.15, 0.2) is 41.5 Å². The first-order valence-electron chi connectivity index (χ1n) is 19.9. The average Bonchev–Trinajstić information content (AvgIpc) is 3.40. The molecule has 0 aromatic carbocycles. The Morgan fingerprint density at radius 3 is 2.02 bits per heavy atom. The minimum atomic E-state index is -2.92. The number of carbonyl (C=O) groups is 8. The van der Waals surface area contributed by atoms with E-state index in [1.807, 2.05) is 0 Å². The molecule has 2 aromatic rings. The van der Waals surface area contributed by atoms with E-state index in [0.29, 0.717) is 0 Å². The lowest BCUT2D eigenvalue weighted by atomic mass is 9.45. The topological polar surface area (TPSA) is 275 Å². The quantitative estimate of drug-likeness (QED) is 0.279. The number of carbonyl (C=O) groups excluding carboxylic acids is 8. The van der Waals surface area contributed by atoms with Gasteiger partial charge in [0.05, 0.1) is 28.7 Å². The number of aryl methyl sites for hydroxylation is 1. The minimum Gasteiger partial charge on any atom is -0.465 e. The number of hydrogen-bond donors (Lipinski definition) is 1. The van der Waals surface area contributed by atoms with Crippen molar-refractivity contribution in [1.29, 1.82) is 0 Å². The molecule has 1 spiro atoms. The summed E-state index contributed by atoms with van der Waals surface area (Å²) in [5.74, 6) is -11.4. The summed E-state index contributed by atoms with van der Waals surface area (Å²) < 4.78 is 56.1. The largest absolute Gasteiger partial charge is 0.465 e. The van der Waals surface area contributed by atoms with Gasteiger partial charge in [-0.1, -0.05) is 6.92 Å². The second-order valence-electron chi connectivity index (χ2n) is 16.6. The third kappa shape index (κ3) is 7.80. The molecule has 12 unspecified atom stereocenters. The first-order chi connectivity index (χ1) is 29.4. The summed E-state index contributed by atoms with van der Waals surface area (Å²) in [5.41, 5.74) is -11.3. The second kappa shape index (κ2) is 16.8. The molecule has 0 radical (unpaired) electrons. The molecule has 4 aliphatic rings. The van der Waals surface area contributed by atoms with E-state index in [2.05, 4.69) is 4.98 Å². The molecule has 2 aliphatic carbocycles. The molecule has 63 heavy (non-hydrogen) atoms. The molecule has 3 fully saturated rings. The SMILES string of the molecule is CC(=O)OCC12C(OC(C)=O)C(OC(C)=O)C3C(OC(C)=O)C14OC3(C)COC(=O)c1cccnc1CC(C)C(=O)OC(C(OC(=O)c1ccc(=O)n(C)c1)C2OC(C)=O)C4(C)O. The van der Waals surface area contributed by atoms with E-state index in [1.54, 1.807) is 0 Å². The predicted molar refractivity (Wildman–Crippen MR) is 206 cm³/mol. The zero-order chi connectivity index (χ0) is 46.6. The van der Waals surface area contributed by atoms with Crippen molar-refractivity contribution in [2.24, 2.45) is 24.3 Å². The van der Waals surface area contributed by atoms with Gasteiger partial charge in [0, 0.05) is 66.5 Å². The minimum absolute atomic E-state index is 0.0711. The van der Waals surface area contributed by atoms with E-state index in [0.717, 1.165) is 64.4 Å². The molecule has 4 heterocycles. The molecule has 12 atom stereocenters. The summed E-state index contributed by atoms with van der Waals surface area (Å²) in [6.07, 6.45) is -10.3. The van der Waals surface area contributed by atoms with E-state index in [1.165, 1.54) is 39.2 Å². The van der Waals surface area contributed by atoms with Gasteiger partial charge in [-0.05, 0) is 32.0 Å². The van der Waals surface area contributed by atoms with E-state index in [-0.39, 0.29) is 23.2 Å². The van der Waals surface area contributed by atoms with Crippen LogP contribution in [0.2, 0.25) is 0 Å². The highest BCUT2D eigenvalue weighted by Crippen LogP contribution is 2.70. The van der Waals surface area contributed by atoms with Crippen molar-refractivity contribution in [3.8, 4) is 0 Å². The van der Waals surface area contributed by atoms with E-state index in [4.69, 9.17) is 42.6 Å². The van der Waals surface area contributed by atoms with Crippen LogP contribution in [0.4, 0.5) is 0 Å². The molecule has 2 saturated carbocycles. The lowest BCUT2D eigenvalue weighted by molar-refractivity contribution is -0.386. The normalized spacial score (nSPS) is 34.4. The monoisotopic (exact) mass is 884 g/mol. The maximum absolute atomic E-state index is 14.5. The van der Waals surface area contributed by atoms with E-state index < -0.39 is 137 Å². The maximum Gasteiger partial charge on any atom is 0.340 e. The number of hydrogen-bond acceptors (Lipinski definition) is 20. The second-order valence-corrected chi connectivity index (χ2v) is 16.6. The number of fused-ring (bicyclic) bond motifs is 5. The number of pyridine rings is 2. The highest BCUT2D eigenvalue weighted by molar-refractivity contribution is 5.91. The fraction of sp³-hybridized carbons (Fsp3) is 0.571.